The number of fused-ring (bicyclic) bond motifs is 1. The van der Waals surface area contributed by atoms with Crippen LogP contribution in [0.2, 0.25) is 0 Å². The molecule has 0 atom stereocenters. The summed E-state index contributed by atoms with van der Waals surface area (Å²) in [5, 5.41) is 0.649. The third-order valence-corrected chi connectivity index (χ3v) is 3.26. The van der Waals surface area contributed by atoms with Gasteiger partial charge in [-0.1, -0.05) is 15.9 Å². The predicted molar refractivity (Wildman–Crippen MR) is 75.0 cm³/mol. The van der Waals surface area contributed by atoms with Gasteiger partial charge in [0, 0.05) is 24.7 Å². The molecule has 1 aromatic rings. The topological polar surface area (TPSA) is 55.3 Å². The summed E-state index contributed by atoms with van der Waals surface area (Å²) in [5.41, 5.74) is 1.57. The molecule has 5 nitrogen and oxygen atoms in total. The molecule has 0 unspecified atom stereocenters. The van der Waals surface area contributed by atoms with E-state index in [1.165, 1.54) is 0 Å². The molecule has 0 fully saturated rings. The minimum Gasteiger partial charge on any atom is -0.444 e. The molecule has 0 N–H and O–H groups in total. The largest absolute Gasteiger partial charge is 0.444 e. The summed E-state index contributed by atoms with van der Waals surface area (Å²) in [4.78, 5) is 22.4. The minimum absolute atomic E-state index is 0.275. The third-order valence-electron chi connectivity index (χ3n) is 2.76. The Hall–Kier alpha value is -1.17. The van der Waals surface area contributed by atoms with Gasteiger partial charge in [-0.25, -0.2) is 14.8 Å². The Labute approximate surface area is 121 Å². The van der Waals surface area contributed by atoms with Crippen molar-refractivity contribution in [2.45, 2.75) is 44.7 Å². The van der Waals surface area contributed by atoms with Crippen LogP contribution in [0.5, 0.6) is 0 Å². The summed E-state index contributed by atoms with van der Waals surface area (Å²) in [6.07, 6.45) is 2.27. The van der Waals surface area contributed by atoms with Gasteiger partial charge in [0.15, 0.2) is 0 Å². The Bertz CT molecular complexity index is 485. The number of carbonyl (C=O) groups excluding carboxylic acids is 1. The van der Waals surface area contributed by atoms with Crippen LogP contribution in [0.25, 0.3) is 0 Å². The number of halogens is 1. The second-order valence-electron chi connectivity index (χ2n) is 5.54. The first-order valence-corrected chi connectivity index (χ1v) is 7.39. The first kappa shape index (κ1) is 14.2. The molecule has 0 saturated heterocycles. The van der Waals surface area contributed by atoms with E-state index in [-0.39, 0.29) is 6.09 Å². The van der Waals surface area contributed by atoms with Crippen LogP contribution in [0.1, 0.15) is 37.9 Å². The van der Waals surface area contributed by atoms with E-state index in [0.29, 0.717) is 18.4 Å². The number of ether oxygens (including phenoxy) is 1. The lowest BCUT2D eigenvalue weighted by atomic mass is 10.1. The molecule has 1 amide bonds. The molecule has 0 spiro atoms. The maximum Gasteiger partial charge on any atom is 0.410 e. The average Bonchev–Trinajstić information content (AvgIpc) is 2.35. The second-order valence-corrected chi connectivity index (χ2v) is 6.10. The fourth-order valence-corrected chi connectivity index (χ4v) is 2.17. The Kier molecular flexibility index (Phi) is 4.08. The number of hydrogen-bond donors (Lipinski definition) is 0. The highest BCUT2D eigenvalue weighted by Gasteiger charge is 2.26. The van der Waals surface area contributed by atoms with Gasteiger partial charge < -0.3 is 9.64 Å². The first-order valence-electron chi connectivity index (χ1n) is 6.26. The third kappa shape index (κ3) is 3.65. The van der Waals surface area contributed by atoms with Crippen molar-refractivity contribution in [3.63, 3.8) is 0 Å². The van der Waals surface area contributed by atoms with Crippen LogP contribution in [0.15, 0.2) is 6.20 Å². The number of hydrogen-bond acceptors (Lipinski definition) is 4. The van der Waals surface area contributed by atoms with Crippen molar-refractivity contribution in [3.05, 3.63) is 23.3 Å². The van der Waals surface area contributed by atoms with Crippen molar-refractivity contribution in [3.8, 4) is 0 Å². The van der Waals surface area contributed by atoms with Gasteiger partial charge in [0.25, 0.3) is 0 Å². The van der Waals surface area contributed by atoms with Crippen molar-refractivity contribution in [1.29, 1.82) is 0 Å². The number of amides is 1. The molecular weight excluding hydrogens is 310 g/mol. The summed E-state index contributed by atoms with van der Waals surface area (Å²) >= 11 is 3.34. The Morgan fingerprint density at radius 2 is 2.26 bits per heavy atom. The van der Waals surface area contributed by atoms with Crippen LogP contribution in [-0.2, 0) is 23.0 Å². The van der Waals surface area contributed by atoms with Crippen molar-refractivity contribution in [2.24, 2.45) is 0 Å². The van der Waals surface area contributed by atoms with E-state index in [0.717, 1.165) is 23.5 Å². The highest BCUT2D eigenvalue weighted by atomic mass is 79.9. The Balaban J connectivity index is 2.08. The standard InChI is InChI=1S/C13H18BrN3O2/c1-13(2,3)19-12(18)17-5-4-10-9(8-17)7-15-11(6-14)16-10/h7H,4-6,8H2,1-3H3. The summed E-state index contributed by atoms with van der Waals surface area (Å²) in [6.45, 7) is 6.77. The van der Waals surface area contributed by atoms with Crippen LogP contribution >= 0.6 is 15.9 Å². The molecule has 0 bridgehead atoms. The van der Waals surface area contributed by atoms with Crippen molar-refractivity contribution in [1.82, 2.24) is 14.9 Å². The maximum absolute atomic E-state index is 12.0. The lowest BCUT2D eigenvalue weighted by Gasteiger charge is -2.30. The Morgan fingerprint density at radius 3 is 2.89 bits per heavy atom. The van der Waals surface area contributed by atoms with Crippen LogP contribution in [0, 0.1) is 0 Å². The van der Waals surface area contributed by atoms with Gasteiger partial charge in [-0.05, 0) is 20.8 Å². The Morgan fingerprint density at radius 1 is 1.53 bits per heavy atom. The molecule has 1 aliphatic heterocycles. The van der Waals surface area contributed by atoms with E-state index in [1.54, 1.807) is 11.1 Å². The van der Waals surface area contributed by atoms with E-state index >= 15 is 0 Å². The maximum atomic E-state index is 12.0. The van der Waals surface area contributed by atoms with Gasteiger partial charge in [-0.15, -0.1) is 0 Å². The second kappa shape index (κ2) is 5.45. The summed E-state index contributed by atoms with van der Waals surface area (Å²) in [6, 6.07) is 0. The minimum atomic E-state index is -0.465. The van der Waals surface area contributed by atoms with Crippen molar-refractivity contribution in [2.75, 3.05) is 6.54 Å². The summed E-state index contributed by atoms with van der Waals surface area (Å²) in [5.74, 6) is 0.782. The quantitative estimate of drug-likeness (QED) is 0.744. The van der Waals surface area contributed by atoms with Gasteiger partial charge in [0.1, 0.15) is 11.4 Å². The van der Waals surface area contributed by atoms with E-state index in [4.69, 9.17) is 4.74 Å². The number of rotatable bonds is 1. The zero-order valence-electron chi connectivity index (χ0n) is 11.4. The molecule has 0 saturated carbocycles. The number of carbonyl (C=O) groups is 1. The molecule has 0 aliphatic carbocycles. The fraction of sp³-hybridized carbons (Fsp3) is 0.615. The molecule has 1 aliphatic rings. The molecule has 2 heterocycles. The number of aromatic nitrogens is 2. The molecule has 0 aromatic carbocycles. The lowest BCUT2D eigenvalue weighted by molar-refractivity contribution is 0.0222. The van der Waals surface area contributed by atoms with E-state index < -0.39 is 5.60 Å². The van der Waals surface area contributed by atoms with E-state index in [2.05, 4.69) is 25.9 Å². The highest BCUT2D eigenvalue weighted by molar-refractivity contribution is 9.08. The monoisotopic (exact) mass is 327 g/mol. The summed E-state index contributed by atoms with van der Waals surface area (Å²) in [7, 11) is 0. The zero-order chi connectivity index (χ0) is 14.0. The van der Waals surface area contributed by atoms with Crippen LogP contribution in [0.3, 0.4) is 0 Å². The van der Waals surface area contributed by atoms with Gasteiger partial charge in [-0.2, -0.15) is 0 Å². The average molecular weight is 328 g/mol. The van der Waals surface area contributed by atoms with Gasteiger partial charge in [-0.3, -0.25) is 0 Å². The van der Waals surface area contributed by atoms with Crippen LogP contribution in [-0.4, -0.2) is 33.1 Å². The fourth-order valence-electron chi connectivity index (χ4n) is 1.90. The summed E-state index contributed by atoms with van der Waals surface area (Å²) < 4.78 is 5.38. The van der Waals surface area contributed by atoms with E-state index in [9.17, 15) is 4.79 Å². The van der Waals surface area contributed by atoms with Crippen molar-refractivity contribution < 1.29 is 9.53 Å². The molecule has 6 heteroatoms. The van der Waals surface area contributed by atoms with Gasteiger partial charge in [0.05, 0.1) is 17.6 Å². The van der Waals surface area contributed by atoms with Crippen LogP contribution in [0.4, 0.5) is 4.79 Å². The van der Waals surface area contributed by atoms with Gasteiger partial charge in [0.2, 0.25) is 0 Å². The molecular formula is C13H18BrN3O2. The lowest BCUT2D eigenvalue weighted by Crippen LogP contribution is -2.40. The smallest absolute Gasteiger partial charge is 0.410 e. The predicted octanol–water partition coefficient (Wildman–Crippen LogP) is 2.66. The number of nitrogens with zero attached hydrogens (tertiary/aromatic N) is 3. The number of alkyl halides is 1. The molecule has 2 rings (SSSR count). The zero-order valence-corrected chi connectivity index (χ0v) is 13.0. The van der Waals surface area contributed by atoms with Crippen LogP contribution < -0.4 is 0 Å². The molecule has 104 valence electrons. The SMILES string of the molecule is CC(C)(C)OC(=O)N1CCc2nc(CBr)ncc2C1. The highest BCUT2D eigenvalue weighted by Crippen LogP contribution is 2.19. The van der Waals surface area contributed by atoms with Crippen molar-refractivity contribution >= 4 is 22.0 Å². The van der Waals surface area contributed by atoms with Gasteiger partial charge >= 0.3 is 6.09 Å². The first-order chi connectivity index (χ1) is 8.89. The molecule has 0 radical (unpaired) electrons. The van der Waals surface area contributed by atoms with E-state index in [1.807, 2.05) is 20.8 Å². The molecule has 19 heavy (non-hydrogen) atoms. The normalized spacial score (nSPS) is 15.1. The molecule has 1 aromatic heterocycles.